The Hall–Kier alpha value is -1.35. The van der Waals surface area contributed by atoms with Gasteiger partial charge in [0.25, 0.3) is 0 Å². The van der Waals surface area contributed by atoms with Crippen LogP contribution < -0.4 is 5.73 Å². The normalized spacial score (nSPS) is 16.4. The molecule has 2 N–H and O–H groups in total. The van der Waals surface area contributed by atoms with Gasteiger partial charge in [0, 0.05) is 19.5 Å². The number of carbonyl (C=O) groups excluding carboxylic acids is 1. The maximum absolute atomic E-state index is 12.3. The molecule has 0 bridgehead atoms. The zero-order valence-corrected chi connectivity index (χ0v) is 12.5. The zero-order valence-electron chi connectivity index (χ0n) is 12.5. The molecule has 3 heteroatoms. The van der Waals surface area contributed by atoms with E-state index in [9.17, 15) is 4.79 Å². The molecule has 1 aliphatic heterocycles. The van der Waals surface area contributed by atoms with E-state index in [2.05, 4.69) is 31.2 Å². The van der Waals surface area contributed by atoms with E-state index in [-0.39, 0.29) is 0 Å². The number of carbonyl (C=O) groups is 1. The first-order valence-electron chi connectivity index (χ1n) is 7.75. The third-order valence-electron chi connectivity index (χ3n) is 4.28. The Bertz CT molecular complexity index is 417. The van der Waals surface area contributed by atoms with Crippen molar-refractivity contribution < 1.29 is 4.79 Å². The zero-order chi connectivity index (χ0) is 14.4. The predicted molar refractivity (Wildman–Crippen MR) is 82.5 cm³/mol. The van der Waals surface area contributed by atoms with E-state index < -0.39 is 0 Å². The Morgan fingerprint density at radius 3 is 2.35 bits per heavy atom. The molecule has 0 saturated heterocycles. The van der Waals surface area contributed by atoms with Gasteiger partial charge in [0.05, 0.1) is 0 Å². The van der Waals surface area contributed by atoms with Crippen molar-refractivity contribution >= 4 is 5.91 Å². The van der Waals surface area contributed by atoms with Gasteiger partial charge in [-0.05, 0) is 49.3 Å². The quantitative estimate of drug-likeness (QED) is 0.896. The molecule has 0 radical (unpaired) electrons. The van der Waals surface area contributed by atoms with Gasteiger partial charge in [0.2, 0.25) is 5.91 Å². The van der Waals surface area contributed by atoms with Crippen LogP contribution in [0.15, 0.2) is 24.3 Å². The van der Waals surface area contributed by atoms with Crippen molar-refractivity contribution in [3.05, 3.63) is 35.4 Å². The van der Waals surface area contributed by atoms with E-state index >= 15 is 0 Å². The molecule has 0 saturated carbocycles. The monoisotopic (exact) mass is 274 g/mol. The molecular weight excluding hydrogens is 248 g/mol. The molecule has 1 aromatic carbocycles. The van der Waals surface area contributed by atoms with Gasteiger partial charge >= 0.3 is 0 Å². The van der Waals surface area contributed by atoms with Crippen molar-refractivity contribution in [1.29, 1.82) is 0 Å². The lowest BCUT2D eigenvalue weighted by Gasteiger charge is -2.21. The molecule has 110 valence electrons. The average Bonchev–Trinajstić information content (AvgIpc) is 2.68. The van der Waals surface area contributed by atoms with E-state index in [4.69, 9.17) is 5.73 Å². The Morgan fingerprint density at radius 2 is 1.80 bits per heavy atom. The molecule has 0 spiro atoms. The van der Waals surface area contributed by atoms with Crippen LogP contribution in [0.25, 0.3) is 0 Å². The van der Waals surface area contributed by atoms with Crippen molar-refractivity contribution in [2.24, 2.45) is 11.7 Å². The molecule has 2 rings (SSSR count). The van der Waals surface area contributed by atoms with E-state index in [0.29, 0.717) is 24.8 Å². The van der Waals surface area contributed by atoms with Crippen LogP contribution in [0.3, 0.4) is 0 Å². The molecule has 1 aromatic rings. The third kappa shape index (κ3) is 4.07. The van der Waals surface area contributed by atoms with E-state index in [1.165, 1.54) is 11.1 Å². The average molecular weight is 274 g/mol. The third-order valence-corrected chi connectivity index (χ3v) is 4.28. The molecule has 20 heavy (non-hydrogen) atoms. The molecular formula is C17H26N2O. The maximum Gasteiger partial charge on any atom is 0.222 e. The number of hydrogen-bond acceptors (Lipinski definition) is 2. The SMILES string of the molecule is CC(CCN)CCC(=O)N1CCc2ccccc2CC1. The Labute approximate surface area is 122 Å². The molecule has 0 aliphatic carbocycles. The number of nitrogens with zero attached hydrogens (tertiary/aromatic N) is 1. The highest BCUT2D eigenvalue weighted by atomic mass is 16.2. The summed E-state index contributed by atoms with van der Waals surface area (Å²) < 4.78 is 0. The lowest BCUT2D eigenvalue weighted by Crippen LogP contribution is -2.33. The summed E-state index contributed by atoms with van der Waals surface area (Å²) in [7, 11) is 0. The predicted octanol–water partition coefficient (Wildman–Crippen LogP) is 2.38. The smallest absolute Gasteiger partial charge is 0.222 e. The number of fused-ring (bicyclic) bond motifs is 1. The minimum absolute atomic E-state index is 0.307. The summed E-state index contributed by atoms with van der Waals surface area (Å²) in [5.74, 6) is 0.856. The molecule has 3 nitrogen and oxygen atoms in total. The van der Waals surface area contributed by atoms with E-state index in [1.807, 2.05) is 4.90 Å². The highest BCUT2D eigenvalue weighted by Crippen LogP contribution is 2.17. The second-order valence-corrected chi connectivity index (χ2v) is 5.87. The second kappa shape index (κ2) is 7.44. The minimum Gasteiger partial charge on any atom is -0.342 e. The van der Waals surface area contributed by atoms with E-state index in [1.54, 1.807) is 0 Å². The van der Waals surface area contributed by atoms with Crippen LogP contribution in [0.4, 0.5) is 0 Å². The fourth-order valence-corrected chi connectivity index (χ4v) is 2.87. The van der Waals surface area contributed by atoms with Crippen molar-refractivity contribution in [3.63, 3.8) is 0 Å². The Morgan fingerprint density at radius 1 is 1.20 bits per heavy atom. The molecule has 1 aliphatic rings. The van der Waals surface area contributed by atoms with Gasteiger partial charge in [0.15, 0.2) is 0 Å². The van der Waals surface area contributed by atoms with Crippen LogP contribution in [0.2, 0.25) is 0 Å². The number of hydrogen-bond donors (Lipinski definition) is 1. The molecule has 1 unspecified atom stereocenters. The molecule has 0 aromatic heterocycles. The highest BCUT2D eigenvalue weighted by molar-refractivity contribution is 5.76. The Balaban J connectivity index is 1.84. The van der Waals surface area contributed by atoms with Crippen LogP contribution in [-0.4, -0.2) is 30.4 Å². The highest BCUT2D eigenvalue weighted by Gasteiger charge is 2.18. The van der Waals surface area contributed by atoms with Crippen molar-refractivity contribution in [2.45, 2.75) is 39.0 Å². The van der Waals surface area contributed by atoms with Gasteiger partial charge in [-0.1, -0.05) is 31.2 Å². The largest absolute Gasteiger partial charge is 0.342 e. The number of benzene rings is 1. The van der Waals surface area contributed by atoms with Crippen LogP contribution in [0.5, 0.6) is 0 Å². The first kappa shape index (κ1) is 15.0. The van der Waals surface area contributed by atoms with Crippen molar-refractivity contribution in [2.75, 3.05) is 19.6 Å². The number of amides is 1. The van der Waals surface area contributed by atoms with Crippen LogP contribution >= 0.6 is 0 Å². The molecule has 1 heterocycles. The Kier molecular flexibility index (Phi) is 5.60. The fourth-order valence-electron chi connectivity index (χ4n) is 2.87. The van der Waals surface area contributed by atoms with Gasteiger partial charge in [-0.2, -0.15) is 0 Å². The number of nitrogens with two attached hydrogens (primary N) is 1. The van der Waals surface area contributed by atoms with Gasteiger partial charge in [0.1, 0.15) is 0 Å². The van der Waals surface area contributed by atoms with Crippen LogP contribution in [0, 0.1) is 5.92 Å². The molecule has 1 amide bonds. The van der Waals surface area contributed by atoms with Gasteiger partial charge in [-0.25, -0.2) is 0 Å². The standard InChI is InChI=1S/C17H26N2O/c1-14(8-11-18)6-7-17(20)19-12-9-15-4-2-3-5-16(15)10-13-19/h2-5,14H,6-13,18H2,1H3. The van der Waals surface area contributed by atoms with Gasteiger partial charge in [-0.15, -0.1) is 0 Å². The summed E-state index contributed by atoms with van der Waals surface area (Å²) in [4.78, 5) is 14.3. The van der Waals surface area contributed by atoms with E-state index in [0.717, 1.165) is 38.8 Å². The summed E-state index contributed by atoms with van der Waals surface area (Å²) in [6.07, 6.45) is 4.61. The van der Waals surface area contributed by atoms with Crippen LogP contribution in [0.1, 0.15) is 37.3 Å². The lowest BCUT2D eigenvalue weighted by molar-refractivity contribution is -0.131. The van der Waals surface area contributed by atoms with Gasteiger partial charge in [-0.3, -0.25) is 4.79 Å². The summed E-state index contributed by atoms with van der Waals surface area (Å²) in [5, 5.41) is 0. The minimum atomic E-state index is 0.307. The number of rotatable bonds is 5. The summed E-state index contributed by atoms with van der Waals surface area (Å²) in [6, 6.07) is 8.55. The second-order valence-electron chi connectivity index (χ2n) is 5.87. The first-order chi connectivity index (χ1) is 9.70. The summed E-state index contributed by atoms with van der Waals surface area (Å²) >= 11 is 0. The summed E-state index contributed by atoms with van der Waals surface area (Å²) in [6.45, 7) is 4.62. The topological polar surface area (TPSA) is 46.3 Å². The fraction of sp³-hybridized carbons (Fsp3) is 0.588. The summed E-state index contributed by atoms with van der Waals surface area (Å²) in [5.41, 5.74) is 8.36. The van der Waals surface area contributed by atoms with Gasteiger partial charge < -0.3 is 10.6 Å². The maximum atomic E-state index is 12.3. The van der Waals surface area contributed by atoms with Crippen molar-refractivity contribution in [3.8, 4) is 0 Å². The van der Waals surface area contributed by atoms with Crippen LogP contribution in [-0.2, 0) is 17.6 Å². The lowest BCUT2D eigenvalue weighted by atomic mass is 10.0. The first-order valence-corrected chi connectivity index (χ1v) is 7.75. The molecule has 0 fully saturated rings. The van der Waals surface area contributed by atoms with Crippen molar-refractivity contribution in [1.82, 2.24) is 4.90 Å². The molecule has 1 atom stereocenters.